The number of H-pyrrole nitrogens is 1. The zero-order valence-corrected chi connectivity index (χ0v) is 12.0. The quantitative estimate of drug-likeness (QED) is 0.721. The first kappa shape index (κ1) is 13.9. The molecule has 1 aromatic carbocycles. The number of hydrogen-bond donors (Lipinski definition) is 2. The number of imidazole rings is 1. The standard InChI is InChI=1S/C14H15N7O/c1-10-2-4-11(5-3-10)14-18-20-21(19-14)9-13(22)17-8-12-15-6-7-16-12/h2-7H,8-9H2,1H3,(H,15,16)(H,17,22). The lowest BCUT2D eigenvalue weighted by molar-refractivity contribution is -0.122. The summed E-state index contributed by atoms with van der Waals surface area (Å²) >= 11 is 0. The first-order chi connectivity index (χ1) is 10.7. The molecule has 1 amide bonds. The van der Waals surface area contributed by atoms with Crippen LogP contribution in [-0.2, 0) is 17.9 Å². The van der Waals surface area contributed by atoms with E-state index in [2.05, 4.69) is 30.7 Å². The summed E-state index contributed by atoms with van der Waals surface area (Å²) < 4.78 is 0. The van der Waals surface area contributed by atoms with E-state index >= 15 is 0 Å². The fourth-order valence-corrected chi connectivity index (χ4v) is 1.89. The van der Waals surface area contributed by atoms with Gasteiger partial charge in [0.05, 0.1) is 6.54 Å². The fraction of sp³-hybridized carbons (Fsp3) is 0.214. The van der Waals surface area contributed by atoms with Gasteiger partial charge in [0.1, 0.15) is 12.4 Å². The molecule has 0 atom stereocenters. The van der Waals surface area contributed by atoms with Crippen molar-refractivity contribution in [3.8, 4) is 11.4 Å². The number of nitrogens with zero attached hydrogens (tertiary/aromatic N) is 5. The van der Waals surface area contributed by atoms with Gasteiger partial charge in [-0.05, 0) is 12.1 Å². The van der Waals surface area contributed by atoms with Gasteiger partial charge in [-0.15, -0.1) is 10.2 Å². The zero-order chi connectivity index (χ0) is 15.4. The van der Waals surface area contributed by atoms with Crippen LogP contribution in [0.2, 0.25) is 0 Å². The highest BCUT2D eigenvalue weighted by molar-refractivity contribution is 5.75. The molecule has 3 aromatic rings. The van der Waals surface area contributed by atoms with Crippen molar-refractivity contribution in [3.05, 3.63) is 48.0 Å². The monoisotopic (exact) mass is 297 g/mol. The number of carbonyl (C=O) groups is 1. The van der Waals surface area contributed by atoms with Gasteiger partial charge in [-0.3, -0.25) is 4.79 Å². The number of tetrazole rings is 1. The first-order valence-electron chi connectivity index (χ1n) is 6.80. The summed E-state index contributed by atoms with van der Waals surface area (Å²) in [5, 5.41) is 14.8. The molecule has 0 bridgehead atoms. The molecule has 22 heavy (non-hydrogen) atoms. The number of aromatic amines is 1. The summed E-state index contributed by atoms with van der Waals surface area (Å²) in [7, 11) is 0. The molecule has 0 spiro atoms. The molecule has 0 saturated heterocycles. The minimum atomic E-state index is -0.204. The highest BCUT2D eigenvalue weighted by atomic mass is 16.2. The second kappa shape index (κ2) is 6.17. The topological polar surface area (TPSA) is 101 Å². The van der Waals surface area contributed by atoms with Crippen LogP contribution in [0.25, 0.3) is 11.4 Å². The summed E-state index contributed by atoms with van der Waals surface area (Å²) in [4.78, 5) is 20.0. The molecular weight excluding hydrogens is 282 g/mol. The van der Waals surface area contributed by atoms with Gasteiger partial charge in [-0.25, -0.2) is 4.98 Å². The second-order valence-corrected chi connectivity index (χ2v) is 4.82. The predicted octanol–water partition coefficient (Wildman–Crippen LogP) is 0.688. The summed E-state index contributed by atoms with van der Waals surface area (Å²) in [5.41, 5.74) is 2.03. The number of amides is 1. The molecule has 0 saturated carbocycles. The van der Waals surface area contributed by atoms with Gasteiger partial charge in [0, 0.05) is 18.0 Å². The molecule has 0 radical (unpaired) electrons. The Labute approximate surface area is 126 Å². The molecular formula is C14H15N7O. The zero-order valence-electron chi connectivity index (χ0n) is 12.0. The van der Waals surface area contributed by atoms with Crippen LogP contribution in [-0.4, -0.2) is 36.1 Å². The first-order valence-corrected chi connectivity index (χ1v) is 6.80. The third kappa shape index (κ3) is 3.35. The van der Waals surface area contributed by atoms with E-state index in [1.165, 1.54) is 4.80 Å². The van der Waals surface area contributed by atoms with E-state index in [4.69, 9.17) is 0 Å². The highest BCUT2D eigenvalue weighted by Gasteiger charge is 2.09. The number of carbonyl (C=O) groups excluding carboxylic acids is 1. The van der Waals surface area contributed by atoms with Crippen LogP contribution in [0.3, 0.4) is 0 Å². The second-order valence-electron chi connectivity index (χ2n) is 4.82. The third-order valence-electron chi connectivity index (χ3n) is 3.06. The van der Waals surface area contributed by atoms with Gasteiger partial charge in [-0.1, -0.05) is 29.8 Å². The molecule has 0 unspecified atom stereocenters. The number of nitrogens with one attached hydrogen (secondary N) is 2. The Kier molecular flexibility index (Phi) is 3.90. The largest absolute Gasteiger partial charge is 0.347 e. The van der Waals surface area contributed by atoms with Gasteiger partial charge in [0.25, 0.3) is 0 Å². The fourth-order valence-electron chi connectivity index (χ4n) is 1.89. The maximum absolute atomic E-state index is 11.8. The summed E-state index contributed by atoms with van der Waals surface area (Å²) in [6, 6.07) is 7.81. The van der Waals surface area contributed by atoms with Gasteiger partial charge in [-0.2, -0.15) is 4.80 Å². The minimum Gasteiger partial charge on any atom is -0.347 e. The molecule has 0 aliphatic carbocycles. The van der Waals surface area contributed by atoms with Crippen molar-refractivity contribution >= 4 is 5.91 Å². The molecule has 2 heterocycles. The Hall–Kier alpha value is -3.03. The summed E-state index contributed by atoms with van der Waals surface area (Å²) in [6.45, 7) is 2.36. The van der Waals surface area contributed by atoms with Crippen molar-refractivity contribution < 1.29 is 4.79 Å². The van der Waals surface area contributed by atoms with Crippen LogP contribution in [0.5, 0.6) is 0 Å². The van der Waals surface area contributed by atoms with Crippen LogP contribution in [0, 0.1) is 6.92 Å². The van der Waals surface area contributed by atoms with E-state index in [0.29, 0.717) is 18.2 Å². The van der Waals surface area contributed by atoms with Crippen molar-refractivity contribution in [1.29, 1.82) is 0 Å². The number of benzene rings is 1. The Morgan fingerprint density at radius 1 is 1.32 bits per heavy atom. The highest BCUT2D eigenvalue weighted by Crippen LogP contribution is 2.13. The Morgan fingerprint density at radius 2 is 2.14 bits per heavy atom. The van der Waals surface area contributed by atoms with E-state index < -0.39 is 0 Å². The molecule has 3 rings (SSSR count). The molecule has 2 aromatic heterocycles. The van der Waals surface area contributed by atoms with Crippen LogP contribution < -0.4 is 5.32 Å². The SMILES string of the molecule is Cc1ccc(-c2nnn(CC(=O)NCc3ncc[nH]3)n2)cc1. The van der Waals surface area contributed by atoms with E-state index in [1.54, 1.807) is 12.4 Å². The number of aromatic nitrogens is 6. The van der Waals surface area contributed by atoms with Crippen LogP contribution >= 0.6 is 0 Å². The predicted molar refractivity (Wildman–Crippen MR) is 78.4 cm³/mol. The third-order valence-corrected chi connectivity index (χ3v) is 3.06. The van der Waals surface area contributed by atoms with Gasteiger partial charge >= 0.3 is 0 Å². The van der Waals surface area contributed by atoms with Gasteiger partial charge in [0.15, 0.2) is 0 Å². The number of rotatable bonds is 5. The molecule has 8 heteroatoms. The van der Waals surface area contributed by atoms with E-state index in [1.807, 2.05) is 31.2 Å². The Balaban J connectivity index is 1.59. The average Bonchev–Trinajstić information content (AvgIpc) is 3.17. The van der Waals surface area contributed by atoms with Crippen molar-refractivity contribution in [2.45, 2.75) is 20.0 Å². The Bertz CT molecular complexity index is 746. The van der Waals surface area contributed by atoms with E-state index in [-0.39, 0.29) is 12.5 Å². The van der Waals surface area contributed by atoms with Gasteiger partial charge in [0.2, 0.25) is 11.7 Å². The lowest BCUT2D eigenvalue weighted by Gasteiger charge is -2.01. The van der Waals surface area contributed by atoms with E-state index in [0.717, 1.165) is 11.1 Å². The van der Waals surface area contributed by atoms with Crippen molar-refractivity contribution in [2.75, 3.05) is 0 Å². The normalized spacial score (nSPS) is 10.6. The molecule has 8 nitrogen and oxygen atoms in total. The molecule has 0 aliphatic rings. The van der Waals surface area contributed by atoms with Crippen LogP contribution in [0.15, 0.2) is 36.7 Å². The Morgan fingerprint density at radius 3 is 2.86 bits per heavy atom. The summed E-state index contributed by atoms with van der Waals surface area (Å²) in [5.74, 6) is 0.989. The lowest BCUT2D eigenvalue weighted by atomic mass is 10.1. The van der Waals surface area contributed by atoms with Gasteiger partial charge < -0.3 is 10.3 Å². The number of aryl methyl sites for hydroxylation is 1. The maximum atomic E-state index is 11.8. The smallest absolute Gasteiger partial charge is 0.244 e. The molecule has 0 fully saturated rings. The lowest BCUT2D eigenvalue weighted by Crippen LogP contribution is -2.28. The molecule has 0 aliphatic heterocycles. The number of hydrogen-bond acceptors (Lipinski definition) is 5. The summed E-state index contributed by atoms with van der Waals surface area (Å²) in [6.07, 6.45) is 3.34. The van der Waals surface area contributed by atoms with Crippen LogP contribution in [0.4, 0.5) is 0 Å². The van der Waals surface area contributed by atoms with Crippen molar-refractivity contribution in [1.82, 2.24) is 35.5 Å². The molecule has 112 valence electrons. The van der Waals surface area contributed by atoms with Crippen LogP contribution in [0.1, 0.15) is 11.4 Å². The van der Waals surface area contributed by atoms with Crippen molar-refractivity contribution in [2.24, 2.45) is 0 Å². The van der Waals surface area contributed by atoms with Crippen molar-refractivity contribution in [3.63, 3.8) is 0 Å². The molecule has 2 N–H and O–H groups in total. The average molecular weight is 297 g/mol. The minimum absolute atomic E-state index is 0.0135. The van der Waals surface area contributed by atoms with E-state index in [9.17, 15) is 4.79 Å². The maximum Gasteiger partial charge on any atom is 0.244 e.